The molecule has 23 heavy (non-hydrogen) atoms. The van der Waals surface area contributed by atoms with E-state index in [1.165, 1.54) is 18.2 Å². The summed E-state index contributed by atoms with van der Waals surface area (Å²) in [6.07, 6.45) is 0. The molecule has 6 heteroatoms. The second kappa shape index (κ2) is 5.81. The van der Waals surface area contributed by atoms with Gasteiger partial charge in [-0.05, 0) is 31.3 Å². The Bertz CT molecular complexity index is 902. The van der Waals surface area contributed by atoms with E-state index in [1.54, 1.807) is 19.2 Å². The SMILES string of the molecule is CNCc1ccc(-c2cc3cc(F)cc(C(=O)O)c3o2)cc1F. The molecule has 0 amide bonds. The van der Waals surface area contributed by atoms with E-state index >= 15 is 0 Å². The monoisotopic (exact) mass is 317 g/mol. The van der Waals surface area contributed by atoms with Gasteiger partial charge >= 0.3 is 5.97 Å². The van der Waals surface area contributed by atoms with E-state index in [0.717, 1.165) is 6.07 Å². The van der Waals surface area contributed by atoms with E-state index in [1.807, 2.05) is 0 Å². The highest BCUT2D eigenvalue weighted by Gasteiger charge is 2.17. The van der Waals surface area contributed by atoms with Crippen LogP contribution in [0.3, 0.4) is 0 Å². The maximum atomic E-state index is 14.0. The molecule has 2 aromatic carbocycles. The summed E-state index contributed by atoms with van der Waals surface area (Å²) in [5.74, 6) is -2.08. The minimum Gasteiger partial charge on any atom is -0.478 e. The second-order valence-corrected chi connectivity index (χ2v) is 5.12. The largest absolute Gasteiger partial charge is 0.478 e. The summed E-state index contributed by atoms with van der Waals surface area (Å²) in [5.41, 5.74) is 0.757. The Hall–Kier alpha value is -2.73. The molecule has 0 unspecified atom stereocenters. The van der Waals surface area contributed by atoms with Crippen LogP contribution in [0.5, 0.6) is 0 Å². The number of furan rings is 1. The first-order chi connectivity index (χ1) is 11.0. The molecule has 1 heterocycles. The van der Waals surface area contributed by atoms with E-state index in [4.69, 9.17) is 9.52 Å². The molecule has 1 aromatic heterocycles. The first-order valence-corrected chi connectivity index (χ1v) is 6.89. The van der Waals surface area contributed by atoms with Crippen molar-refractivity contribution in [2.75, 3.05) is 7.05 Å². The number of hydrogen-bond donors (Lipinski definition) is 2. The Labute approximate surface area is 130 Å². The Kier molecular flexibility index (Phi) is 3.83. The van der Waals surface area contributed by atoms with E-state index in [-0.39, 0.29) is 16.9 Å². The predicted molar refractivity (Wildman–Crippen MR) is 81.3 cm³/mol. The van der Waals surface area contributed by atoms with E-state index in [2.05, 4.69) is 5.32 Å². The fourth-order valence-corrected chi connectivity index (χ4v) is 2.45. The van der Waals surface area contributed by atoms with Crippen LogP contribution in [0.25, 0.3) is 22.3 Å². The van der Waals surface area contributed by atoms with Gasteiger partial charge in [0.15, 0.2) is 0 Å². The average Bonchev–Trinajstić information content (AvgIpc) is 2.92. The van der Waals surface area contributed by atoms with Crippen molar-refractivity contribution >= 4 is 16.9 Å². The molecule has 2 N–H and O–H groups in total. The zero-order valence-electron chi connectivity index (χ0n) is 12.2. The molecular formula is C17H13F2NO3. The Morgan fingerprint density at radius 1 is 1.22 bits per heavy atom. The fraction of sp³-hybridized carbons (Fsp3) is 0.118. The lowest BCUT2D eigenvalue weighted by molar-refractivity contribution is 0.0697. The van der Waals surface area contributed by atoms with Crippen molar-refractivity contribution in [3.63, 3.8) is 0 Å². The van der Waals surface area contributed by atoms with Gasteiger partial charge in [-0.3, -0.25) is 0 Å². The zero-order valence-corrected chi connectivity index (χ0v) is 12.2. The van der Waals surface area contributed by atoms with Crippen molar-refractivity contribution in [1.29, 1.82) is 0 Å². The van der Waals surface area contributed by atoms with E-state index in [9.17, 15) is 13.6 Å². The Morgan fingerprint density at radius 2 is 2.00 bits per heavy atom. The predicted octanol–water partition coefficient (Wildman–Crippen LogP) is 3.80. The van der Waals surface area contributed by atoms with Crippen molar-refractivity contribution in [2.24, 2.45) is 0 Å². The van der Waals surface area contributed by atoms with E-state index in [0.29, 0.717) is 23.1 Å². The number of hydrogen-bond acceptors (Lipinski definition) is 3. The Morgan fingerprint density at radius 3 is 2.65 bits per heavy atom. The van der Waals surface area contributed by atoms with Gasteiger partial charge in [0.25, 0.3) is 0 Å². The third-order valence-electron chi connectivity index (χ3n) is 3.52. The summed E-state index contributed by atoms with van der Waals surface area (Å²) in [6.45, 7) is 0.390. The van der Waals surface area contributed by atoms with Crippen molar-refractivity contribution in [3.8, 4) is 11.3 Å². The molecule has 0 aliphatic carbocycles. The summed E-state index contributed by atoms with van der Waals surface area (Å²) in [6, 6.07) is 8.17. The second-order valence-electron chi connectivity index (χ2n) is 5.12. The number of rotatable bonds is 4. The molecule has 0 atom stereocenters. The summed E-state index contributed by atoms with van der Waals surface area (Å²) in [4.78, 5) is 11.2. The fourth-order valence-electron chi connectivity index (χ4n) is 2.45. The highest BCUT2D eigenvalue weighted by molar-refractivity contribution is 6.02. The van der Waals surface area contributed by atoms with Crippen LogP contribution in [0, 0.1) is 11.6 Å². The first-order valence-electron chi connectivity index (χ1n) is 6.89. The number of nitrogens with one attached hydrogen (secondary N) is 1. The molecular weight excluding hydrogens is 304 g/mol. The van der Waals surface area contributed by atoms with Gasteiger partial charge < -0.3 is 14.8 Å². The van der Waals surface area contributed by atoms with Crippen molar-refractivity contribution in [1.82, 2.24) is 5.32 Å². The van der Waals surface area contributed by atoms with Gasteiger partial charge in [-0.1, -0.05) is 12.1 Å². The van der Waals surface area contributed by atoms with Crippen LogP contribution in [-0.4, -0.2) is 18.1 Å². The highest BCUT2D eigenvalue weighted by Crippen LogP contribution is 2.31. The molecule has 0 saturated heterocycles. The number of halogens is 2. The number of fused-ring (bicyclic) bond motifs is 1. The number of carboxylic acids is 1. The third kappa shape index (κ3) is 2.80. The highest BCUT2D eigenvalue weighted by atomic mass is 19.1. The number of aromatic carboxylic acids is 1. The van der Waals surface area contributed by atoms with Crippen LogP contribution in [0.15, 0.2) is 40.8 Å². The lowest BCUT2D eigenvalue weighted by Crippen LogP contribution is -2.06. The van der Waals surface area contributed by atoms with Crippen LogP contribution in [0.4, 0.5) is 8.78 Å². The lowest BCUT2D eigenvalue weighted by Gasteiger charge is -2.04. The normalized spacial score (nSPS) is 11.1. The van der Waals surface area contributed by atoms with Gasteiger partial charge in [0.1, 0.15) is 28.5 Å². The molecule has 0 bridgehead atoms. The quantitative estimate of drug-likeness (QED) is 0.768. The number of carboxylic acid groups (broad SMARTS) is 1. The van der Waals surface area contributed by atoms with Gasteiger partial charge in [0.05, 0.1) is 0 Å². The topological polar surface area (TPSA) is 62.5 Å². The minimum absolute atomic E-state index is 0.0635. The van der Waals surface area contributed by atoms with Gasteiger partial charge in [-0.2, -0.15) is 0 Å². The summed E-state index contributed by atoms with van der Waals surface area (Å²) in [7, 11) is 1.72. The van der Waals surface area contributed by atoms with Crippen LogP contribution >= 0.6 is 0 Å². The third-order valence-corrected chi connectivity index (χ3v) is 3.52. The van der Waals surface area contributed by atoms with Gasteiger partial charge in [-0.25, -0.2) is 13.6 Å². The van der Waals surface area contributed by atoms with E-state index < -0.39 is 17.6 Å². The van der Waals surface area contributed by atoms with Crippen LogP contribution < -0.4 is 5.32 Å². The molecule has 4 nitrogen and oxygen atoms in total. The number of benzene rings is 2. The summed E-state index contributed by atoms with van der Waals surface area (Å²) in [5, 5.41) is 12.3. The van der Waals surface area contributed by atoms with Crippen LogP contribution in [-0.2, 0) is 6.54 Å². The maximum absolute atomic E-state index is 14.0. The van der Waals surface area contributed by atoms with Gasteiger partial charge in [0.2, 0.25) is 0 Å². The molecule has 0 saturated carbocycles. The molecule has 3 aromatic rings. The first kappa shape index (κ1) is 15.2. The lowest BCUT2D eigenvalue weighted by atomic mass is 10.1. The van der Waals surface area contributed by atoms with Gasteiger partial charge in [-0.15, -0.1) is 0 Å². The van der Waals surface area contributed by atoms with Gasteiger partial charge in [0, 0.05) is 23.1 Å². The molecule has 3 rings (SSSR count). The summed E-state index contributed by atoms with van der Waals surface area (Å²) >= 11 is 0. The maximum Gasteiger partial charge on any atom is 0.339 e. The minimum atomic E-state index is -1.29. The van der Waals surface area contributed by atoms with Crippen LogP contribution in [0.1, 0.15) is 15.9 Å². The van der Waals surface area contributed by atoms with Crippen LogP contribution in [0.2, 0.25) is 0 Å². The van der Waals surface area contributed by atoms with Crippen molar-refractivity contribution in [2.45, 2.75) is 6.54 Å². The number of carbonyl (C=O) groups is 1. The van der Waals surface area contributed by atoms with Crippen molar-refractivity contribution < 1.29 is 23.1 Å². The Balaban J connectivity index is 2.12. The summed E-state index contributed by atoms with van der Waals surface area (Å²) < 4.78 is 33.0. The standard InChI is InChI=1S/C17H13F2NO3/c1-20-8-10-3-2-9(5-14(10)19)15-6-11-4-12(18)7-13(17(21)22)16(11)23-15/h2-7,20H,8H2,1H3,(H,21,22). The molecule has 0 spiro atoms. The molecule has 0 aliphatic rings. The molecule has 118 valence electrons. The molecule has 0 aliphatic heterocycles. The molecule has 0 radical (unpaired) electrons. The van der Waals surface area contributed by atoms with Crippen molar-refractivity contribution in [3.05, 3.63) is 59.2 Å². The molecule has 0 fully saturated rings. The smallest absolute Gasteiger partial charge is 0.339 e. The zero-order chi connectivity index (χ0) is 16.6. The average molecular weight is 317 g/mol.